The summed E-state index contributed by atoms with van der Waals surface area (Å²) < 4.78 is 6.09. The van der Waals surface area contributed by atoms with Crippen LogP contribution in [-0.2, 0) is 0 Å². The first-order chi connectivity index (χ1) is 21.3. The van der Waals surface area contributed by atoms with Gasteiger partial charge in [0.25, 0.3) is 0 Å². The molecule has 0 fully saturated rings. The smallest absolute Gasteiger partial charge is 0.164 e. The summed E-state index contributed by atoms with van der Waals surface area (Å²) in [5, 5.41) is 9.35. The molecule has 0 bridgehead atoms. The van der Waals surface area contributed by atoms with E-state index in [1.165, 1.54) is 26.9 Å². The zero-order valence-electron chi connectivity index (χ0n) is 23.0. The highest BCUT2D eigenvalue weighted by atomic mass is 16.3. The van der Waals surface area contributed by atoms with Crippen molar-refractivity contribution in [2.24, 2.45) is 0 Å². The van der Waals surface area contributed by atoms with Gasteiger partial charge in [0.2, 0.25) is 0 Å². The average molecular weight is 550 g/mol. The van der Waals surface area contributed by atoms with Crippen molar-refractivity contribution in [3.8, 4) is 34.2 Å². The molecule has 200 valence electrons. The van der Waals surface area contributed by atoms with Gasteiger partial charge < -0.3 is 4.42 Å². The molecular formula is C39H23N3O. The molecular weight excluding hydrogens is 526 g/mol. The van der Waals surface area contributed by atoms with E-state index in [4.69, 9.17) is 19.4 Å². The molecule has 0 aliphatic heterocycles. The lowest BCUT2D eigenvalue weighted by atomic mass is 9.95. The molecule has 0 N–H and O–H groups in total. The Morgan fingerprint density at radius 3 is 1.88 bits per heavy atom. The van der Waals surface area contributed by atoms with Crippen molar-refractivity contribution in [2.75, 3.05) is 0 Å². The molecule has 9 rings (SSSR count). The highest BCUT2D eigenvalue weighted by Gasteiger charge is 2.16. The fourth-order valence-corrected chi connectivity index (χ4v) is 6.26. The summed E-state index contributed by atoms with van der Waals surface area (Å²) in [6.45, 7) is 0. The number of para-hydroxylation sites is 1. The predicted octanol–water partition coefficient (Wildman–Crippen LogP) is 10.2. The summed E-state index contributed by atoms with van der Waals surface area (Å²) in [5.41, 5.74) is 4.54. The summed E-state index contributed by atoms with van der Waals surface area (Å²) in [6.07, 6.45) is 0. The third-order valence-corrected chi connectivity index (χ3v) is 8.33. The van der Waals surface area contributed by atoms with Crippen LogP contribution in [0.2, 0.25) is 0 Å². The molecule has 0 amide bonds. The van der Waals surface area contributed by atoms with Crippen molar-refractivity contribution in [3.63, 3.8) is 0 Å². The molecule has 2 aromatic heterocycles. The molecule has 4 nitrogen and oxygen atoms in total. The van der Waals surface area contributed by atoms with Crippen LogP contribution in [-0.4, -0.2) is 15.0 Å². The van der Waals surface area contributed by atoms with E-state index in [9.17, 15) is 0 Å². The highest BCUT2D eigenvalue weighted by Crippen LogP contribution is 2.37. The number of furan rings is 1. The van der Waals surface area contributed by atoms with Gasteiger partial charge in [0.05, 0.1) is 0 Å². The molecule has 0 saturated carbocycles. The van der Waals surface area contributed by atoms with E-state index in [1.54, 1.807) is 0 Å². The zero-order chi connectivity index (χ0) is 28.3. The van der Waals surface area contributed by atoms with Crippen LogP contribution < -0.4 is 0 Å². The molecule has 2 heterocycles. The van der Waals surface area contributed by atoms with Gasteiger partial charge in [-0.05, 0) is 56.6 Å². The minimum atomic E-state index is 0.625. The Hall–Kier alpha value is -5.87. The monoisotopic (exact) mass is 549 g/mol. The summed E-state index contributed by atoms with van der Waals surface area (Å²) in [6, 6.07) is 48.2. The molecule has 0 spiro atoms. The Kier molecular flexibility index (Phi) is 5.16. The van der Waals surface area contributed by atoms with Crippen LogP contribution >= 0.6 is 0 Å². The van der Waals surface area contributed by atoms with Gasteiger partial charge in [0.1, 0.15) is 11.2 Å². The fraction of sp³-hybridized carbons (Fsp3) is 0. The van der Waals surface area contributed by atoms with Crippen molar-refractivity contribution < 1.29 is 4.42 Å². The minimum Gasteiger partial charge on any atom is -0.456 e. The number of hydrogen-bond donors (Lipinski definition) is 0. The number of fused-ring (bicyclic) bond motifs is 8. The van der Waals surface area contributed by atoms with Gasteiger partial charge in [-0.25, -0.2) is 15.0 Å². The van der Waals surface area contributed by atoms with Crippen LogP contribution in [0.4, 0.5) is 0 Å². The zero-order valence-corrected chi connectivity index (χ0v) is 23.0. The van der Waals surface area contributed by atoms with Gasteiger partial charge in [-0.1, -0.05) is 115 Å². The van der Waals surface area contributed by atoms with Gasteiger partial charge in [-0.2, -0.15) is 0 Å². The molecule has 43 heavy (non-hydrogen) atoms. The summed E-state index contributed by atoms with van der Waals surface area (Å²) >= 11 is 0. The SMILES string of the molecule is c1ccc(-c2nc(-c3ccc4oc5ccccc5c4c3)nc(-c3cccc4c3ccc3c5ccccc5ccc43)n2)cc1. The van der Waals surface area contributed by atoms with Crippen LogP contribution in [0.1, 0.15) is 0 Å². The first-order valence-electron chi connectivity index (χ1n) is 14.4. The first-order valence-corrected chi connectivity index (χ1v) is 14.4. The van der Waals surface area contributed by atoms with Crippen molar-refractivity contribution >= 4 is 54.3 Å². The van der Waals surface area contributed by atoms with Crippen LogP contribution in [0.3, 0.4) is 0 Å². The van der Waals surface area contributed by atoms with E-state index in [-0.39, 0.29) is 0 Å². The second kappa shape index (κ2) is 9.33. The van der Waals surface area contributed by atoms with Crippen LogP contribution in [0, 0.1) is 0 Å². The van der Waals surface area contributed by atoms with Crippen molar-refractivity contribution in [1.82, 2.24) is 15.0 Å². The van der Waals surface area contributed by atoms with E-state index in [0.717, 1.165) is 44.0 Å². The quantitative estimate of drug-likeness (QED) is 0.206. The van der Waals surface area contributed by atoms with Gasteiger partial charge in [-0.3, -0.25) is 0 Å². The number of benzene rings is 7. The normalized spacial score (nSPS) is 11.7. The average Bonchev–Trinajstić information content (AvgIpc) is 3.46. The molecule has 0 atom stereocenters. The number of aromatic nitrogens is 3. The van der Waals surface area contributed by atoms with Crippen LogP contribution in [0.15, 0.2) is 144 Å². The number of rotatable bonds is 3. The van der Waals surface area contributed by atoms with Crippen LogP contribution in [0.5, 0.6) is 0 Å². The molecule has 0 radical (unpaired) electrons. The molecule has 0 saturated heterocycles. The maximum absolute atomic E-state index is 6.09. The lowest BCUT2D eigenvalue weighted by Crippen LogP contribution is -2.00. The molecule has 0 unspecified atom stereocenters. The van der Waals surface area contributed by atoms with Crippen molar-refractivity contribution in [1.29, 1.82) is 0 Å². The van der Waals surface area contributed by atoms with E-state index < -0.39 is 0 Å². The lowest BCUT2D eigenvalue weighted by Gasteiger charge is -2.12. The van der Waals surface area contributed by atoms with Gasteiger partial charge in [0.15, 0.2) is 17.5 Å². The Morgan fingerprint density at radius 2 is 0.977 bits per heavy atom. The molecule has 9 aromatic rings. The maximum atomic E-state index is 6.09. The first kappa shape index (κ1) is 23.8. The fourth-order valence-electron chi connectivity index (χ4n) is 6.26. The summed E-state index contributed by atoms with van der Waals surface area (Å²) in [5.74, 6) is 1.91. The molecule has 4 heteroatoms. The Morgan fingerprint density at radius 1 is 0.349 bits per heavy atom. The van der Waals surface area contributed by atoms with Crippen molar-refractivity contribution in [2.45, 2.75) is 0 Å². The Bertz CT molecular complexity index is 2510. The van der Waals surface area contributed by atoms with Gasteiger partial charge in [0, 0.05) is 27.5 Å². The maximum Gasteiger partial charge on any atom is 0.164 e. The summed E-state index contributed by atoms with van der Waals surface area (Å²) in [4.78, 5) is 15.1. The van der Waals surface area contributed by atoms with Gasteiger partial charge >= 0.3 is 0 Å². The standard InChI is InChI=1S/C39H23N3O/c1-2-10-25(11-3-1)37-40-38(26-18-22-36-34(23-26)32-13-6-7-16-35(32)43-36)42-39(41-37)33-15-8-14-28-30-19-17-24-9-4-5-12-27(24)29(30)20-21-31(28)33/h1-23H. The van der Waals surface area contributed by atoms with Gasteiger partial charge in [-0.15, -0.1) is 0 Å². The summed E-state index contributed by atoms with van der Waals surface area (Å²) in [7, 11) is 0. The predicted molar refractivity (Wildman–Crippen MR) is 176 cm³/mol. The van der Waals surface area contributed by atoms with E-state index >= 15 is 0 Å². The highest BCUT2D eigenvalue weighted by molar-refractivity contribution is 6.19. The van der Waals surface area contributed by atoms with Crippen LogP contribution in [0.25, 0.3) is 88.4 Å². The van der Waals surface area contributed by atoms with E-state index in [2.05, 4.69) is 78.9 Å². The number of hydrogen-bond acceptors (Lipinski definition) is 4. The Balaban J connectivity index is 1.29. The molecule has 0 aliphatic rings. The Labute approximate surface area is 246 Å². The van der Waals surface area contributed by atoms with E-state index in [1.807, 2.05) is 60.7 Å². The largest absolute Gasteiger partial charge is 0.456 e. The number of nitrogens with zero attached hydrogens (tertiary/aromatic N) is 3. The topological polar surface area (TPSA) is 51.8 Å². The third kappa shape index (κ3) is 3.81. The lowest BCUT2D eigenvalue weighted by molar-refractivity contribution is 0.669. The van der Waals surface area contributed by atoms with E-state index in [0.29, 0.717) is 17.5 Å². The van der Waals surface area contributed by atoms with Crippen molar-refractivity contribution in [3.05, 3.63) is 140 Å². The second-order valence-electron chi connectivity index (χ2n) is 10.8. The molecule has 7 aromatic carbocycles. The minimum absolute atomic E-state index is 0.625. The third-order valence-electron chi connectivity index (χ3n) is 8.33. The molecule has 0 aliphatic carbocycles. The second-order valence-corrected chi connectivity index (χ2v) is 10.8.